The Labute approximate surface area is 154 Å². The van der Waals surface area contributed by atoms with Crippen molar-refractivity contribution in [2.45, 2.75) is 20.0 Å². The summed E-state index contributed by atoms with van der Waals surface area (Å²) in [7, 11) is 4.08. The number of H-pyrrole nitrogens is 1. The van der Waals surface area contributed by atoms with Crippen molar-refractivity contribution in [3.8, 4) is 17.2 Å². The van der Waals surface area contributed by atoms with E-state index in [-0.39, 0.29) is 0 Å². The van der Waals surface area contributed by atoms with Gasteiger partial charge in [-0.3, -0.25) is 5.10 Å². The zero-order valence-electron chi connectivity index (χ0n) is 15.6. The van der Waals surface area contributed by atoms with Crippen molar-refractivity contribution in [2.24, 2.45) is 0 Å². The fraction of sp³-hybridized carbons (Fsp3) is 0.350. The van der Waals surface area contributed by atoms with Crippen LogP contribution >= 0.6 is 0 Å². The van der Waals surface area contributed by atoms with Crippen LogP contribution in [-0.2, 0) is 13.1 Å². The largest absolute Gasteiger partial charge is 0.492 e. The maximum atomic E-state index is 5.72. The highest BCUT2D eigenvalue weighted by molar-refractivity contribution is 5.56. The Bertz CT molecular complexity index is 805. The van der Waals surface area contributed by atoms with Gasteiger partial charge in [-0.15, -0.1) is 0 Å². The maximum Gasteiger partial charge on any atom is 0.152 e. The fourth-order valence-electron chi connectivity index (χ4n) is 2.62. The molecule has 0 aliphatic rings. The van der Waals surface area contributed by atoms with E-state index in [4.69, 9.17) is 9.15 Å². The van der Waals surface area contributed by atoms with Gasteiger partial charge in [-0.1, -0.05) is 12.1 Å². The van der Waals surface area contributed by atoms with E-state index in [0.717, 1.165) is 41.6 Å². The quantitative estimate of drug-likeness (QED) is 0.618. The maximum absolute atomic E-state index is 5.72. The summed E-state index contributed by atoms with van der Waals surface area (Å²) in [6, 6.07) is 12.1. The van der Waals surface area contributed by atoms with Crippen LogP contribution in [0, 0.1) is 6.92 Å². The minimum absolute atomic E-state index is 0.695. The third kappa shape index (κ3) is 4.97. The molecular weight excluding hydrogens is 328 g/mol. The van der Waals surface area contributed by atoms with Crippen LogP contribution < -0.4 is 10.1 Å². The van der Waals surface area contributed by atoms with Crippen LogP contribution in [0.15, 0.2) is 47.0 Å². The average molecular weight is 354 g/mol. The number of ether oxygens (including phenoxy) is 1. The van der Waals surface area contributed by atoms with Crippen LogP contribution in [0.2, 0.25) is 0 Å². The van der Waals surface area contributed by atoms with Gasteiger partial charge < -0.3 is 19.4 Å². The van der Waals surface area contributed by atoms with Crippen molar-refractivity contribution in [1.29, 1.82) is 0 Å². The standard InChI is InChI=1S/C20H26N4O2/c1-15-4-9-19(26-15)20-17(14-22-23-20)13-21-12-16-5-7-18(8-6-16)25-11-10-24(2)3/h4-9,14,21H,10-13H2,1-3H3,(H,22,23). The Kier molecular flexibility index (Phi) is 6.09. The highest BCUT2D eigenvalue weighted by atomic mass is 16.5. The highest BCUT2D eigenvalue weighted by Gasteiger charge is 2.10. The van der Waals surface area contributed by atoms with Gasteiger partial charge >= 0.3 is 0 Å². The molecule has 3 aromatic rings. The van der Waals surface area contributed by atoms with E-state index < -0.39 is 0 Å². The molecule has 0 saturated heterocycles. The third-order valence-corrected chi connectivity index (χ3v) is 4.08. The first kappa shape index (κ1) is 18.2. The number of nitrogens with zero attached hydrogens (tertiary/aromatic N) is 2. The van der Waals surface area contributed by atoms with Crippen LogP contribution in [0.3, 0.4) is 0 Å². The number of nitrogens with one attached hydrogen (secondary N) is 2. The fourth-order valence-corrected chi connectivity index (χ4v) is 2.62. The van der Waals surface area contributed by atoms with Crippen LogP contribution in [0.5, 0.6) is 5.75 Å². The van der Waals surface area contributed by atoms with Gasteiger partial charge in [0.25, 0.3) is 0 Å². The summed E-state index contributed by atoms with van der Waals surface area (Å²) in [6.07, 6.45) is 1.84. The Morgan fingerprint density at radius 3 is 2.62 bits per heavy atom. The van der Waals surface area contributed by atoms with E-state index in [9.17, 15) is 0 Å². The summed E-state index contributed by atoms with van der Waals surface area (Å²) < 4.78 is 11.4. The molecule has 0 amide bonds. The molecule has 26 heavy (non-hydrogen) atoms. The van der Waals surface area contributed by atoms with Crippen molar-refractivity contribution >= 4 is 0 Å². The Morgan fingerprint density at radius 1 is 1.12 bits per heavy atom. The van der Waals surface area contributed by atoms with E-state index >= 15 is 0 Å². The number of rotatable bonds is 9. The molecule has 6 heteroatoms. The number of aryl methyl sites for hydroxylation is 1. The molecule has 0 atom stereocenters. The number of aromatic nitrogens is 2. The van der Waals surface area contributed by atoms with Crippen LogP contribution in [0.4, 0.5) is 0 Å². The molecule has 0 aliphatic carbocycles. The van der Waals surface area contributed by atoms with Crippen molar-refractivity contribution in [1.82, 2.24) is 20.4 Å². The zero-order valence-corrected chi connectivity index (χ0v) is 15.6. The second-order valence-electron chi connectivity index (χ2n) is 6.58. The second kappa shape index (κ2) is 8.69. The van der Waals surface area contributed by atoms with Crippen LogP contribution in [0.1, 0.15) is 16.9 Å². The molecule has 138 valence electrons. The van der Waals surface area contributed by atoms with Crippen molar-refractivity contribution in [3.05, 3.63) is 59.5 Å². The molecular formula is C20H26N4O2. The Balaban J connectivity index is 1.49. The van der Waals surface area contributed by atoms with Gasteiger partial charge in [-0.2, -0.15) is 5.10 Å². The van der Waals surface area contributed by atoms with Gasteiger partial charge in [-0.05, 0) is 50.8 Å². The van der Waals surface area contributed by atoms with E-state index in [1.54, 1.807) is 0 Å². The molecule has 0 radical (unpaired) electrons. The van der Waals surface area contributed by atoms with E-state index in [0.29, 0.717) is 13.2 Å². The predicted molar refractivity (Wildman–Crippen MR) is 102 cm³/mol. The predicted octanol–water partition coefficient (Wildman–Crippen LogP) is 3.21. The summed E-state index contributed by atoms with van der Waals surface area (Å²) in [5.41, 5.74) is 3.22. The molecule has 0 bridgehead atoms. The van der Waals surface area contributed by atoms with Crippen LogP contribution in [0.25, 0.3) is 11.5 Å². The number of hydrogen-bond donors (Lipinski definition) is 2. The lowest BCUT2D eigenvalue weighted by Crippen LogP contribution is -2.19. The molecule has 0 saturated carbocycles. The lowest BCUT2D eigenvalue weighted by atomic mass is 10.2. The minimum Gasteiger partial charge on any atom is -0.492 e. The molecule has 1 aromatic carbocycles. The number of likely N-dealkylation sites (N-methyl/N-ethyl adjacent to an activating group) is 1. The molecule has 0 unspecified atom stereocenters. The molecule has 0 fully saturated rings. The van der Waals surface area contributed by atoms with Gasteiger partial charge in [0.05, 0.1) is 6.20 Å². The van der Waals surface area contributed by atoms with Crippen LogP contribution in [-0.4, -0.2) is 42.3 Å². The first-order chi connectivity index (χ1) is 12.6. The van der Waals surface area contributed by atoms with Crippen molar-refractivity contribution in [2.75, 3.05) is 27.2 Å². The van der Waals surface area contributed by atoms with Crippen molar-refractivity contribution in [3.63, 3.8) is 0 Å². The van der Waals surface area contributed by atoms with Crippen molar-refractivity contribution < 1.29 is 9.15 Å². The number of benzene rings is 1. The Morgan fingerprint density at radius 2 is 1.92 bits per heavy atom. The molecule has 2 N–H and O–H groups in total. The lowest BCUT2D eigenvalue weighted by Gasteiger charge is -2.11. The zero-order chi connectivity index (χ0) is 18.4. The van der Waals surface area contributed by atoms with Gasteiger partial charge in [0.15, 0.2) is 5.76 Å². The molecule has 6 nitrogen and oxygen atoms in total. The molecule has 0 spiro atoms. The van der Waals surface area contributed by atoms with Gasteiger partial charge in [0, 0.05) is 25.2 Å². The Hall–Kier alpha value is -2.57. The van der Waals surface area contributed by atoms with Gasteiger partial charge in [-0.25, -0.2) is 0 Å². The van der Waals surface area contributed by atoms with E-state index in [2.05, 4.69) is 32.5 Å². The average Bonchev–Trinajstić information content (AvgIpc) is 3.24. The molecule has 0 aliphatic heterocycles. The monoisotopic (exact) mass is 354 g/mol. The van der Waals surface area contributed by atoms with Gasteiger partial charge in [0.1, 0.15) is 23.8 Å². The highest BCUT2D eigenvalue weighted by Crippen LogP contribution is 2.23. The lowest BCUT2D eigenvalue weighted by molar-refractivity contribution is 0.261. The SMILES string of the molecule is Cc1ccc(-c2[nH]ncc2CNCc2ccc(OCCN(C)C)cc2)o1. The summed E-state index contributed by atoms with van der Waals surface area (Å²) in [5.74, 6) is 2.61. The number of hydrogen-bond acceptors (Lipinski definition) is 5. The van der Waals surface area contributed by atoms with Gasteiger partial charge in [0.2, 0.25) is 0 Å². The first-order valence-corrected chi connectivity index (χ1v) is 8.78. The second-order valence-corrected chi connectivity index (χ2v) is 6.58. The molecule has 2 aromatic heterocycles. The number of furan rings is 1. The van der Waals surface area contributed by atoms with E-state index in [1.165, 1.54) is 5.56 Å². The topological polar surface area (TPSA) is 66.3 Å². The summed E-state index contributed by atoms with van der Waals surface area (Å²) >= 11 is 0. The summed E-state index contributed by atoms with van der Waals surface area (Å²) in [4.78, 5) is 2.10. The minimum atomic E-state index is 0.695. The first-order valence-electron chi connectivity index (χ1n) is 8.78. The smallest absolute Gasteiger partial charge is 0.152 e. The molecule has 2 heterocycles. The summed E-state index contributed by atoms with van der Waals surface area (Å²) in [6.45, 7) is 5.03. The molecule has 3 rings (SSSR count). The third-order valence-electron chi connectivity index (χ3n) is 4.08. The van der Waals surface area contributed by atoms with E-state index in [1.807, 2.05) is 51.5 Å². The summed E-state index contributed by atoms with van der Waals surface area (Å²) in [5, 5.41) is 10.6. The normalized spacial score (nSPS) is 11.2. The number of aromatic amines is 1.